The quantitative estimate of drug-likeness (QED) is 0.644. The molecule has 2 aliphatic heterocycles. The van der Waals surface area contributed by atoms with Gasteiger partial charge in [-0.05, 0) is 22.9 Å². The lowest BCUT2D eigenvalue weighted by atomic mass is 10.0. The maximum atomic E-state index is 5.55. The molecule has 2 aromatic carbocycles. The van der Waals surface area contributed by atoms with Crippen molar-refractivity contribution in [3.8, 4) is 0 Å². The standard InChI is InChI=1S/C13H8O2/c1-2-4-9-6-11-10(5-8(9)3-1)12-7-14-13(11)15-12/h1-7,13H. The first kappa shape index (κ1) is 7.35. The van der Waals surface area contributed by atoms with Crippen LogP contribution in [0.25, 0.3) is 16.5 Å². The predicted molar refractivity (Wildman–Crippen MR) is 56.8 cm³/mol. The Bertz CT molecular complexity index is 599. The van der Waals surface area contributed by atoms with Crippen LogP contribution in [0, 0.1) is 0 Å². The van der Waals surface area contributed by atoms with E-state index in [1.54, 1.807) is 6.26 Å². The summed E-state index contributed by atoms with van der Waals surface area (Å²) in [4.78, 5) is 0. The van der Waals surface area contributed by atoms with Crippen LogP contribution in [0.2, 0.25) is 0 Å². The van der Waals surface area contributed by atoms with Crippen LogP contribution in [-0.4, -0.2) is 0 Å². The average molecular weight is 196 g/mol. The van der Waals surface area contributed by atoms with E-state index in [4.69, 9.17) is 9.47 Å². The molecule has 2 nitrogen and oxygen atoms in total. The highest BCUT2D eigenvalue weighted by Crippen LogP contribution is 2.45. The molecule has 0 saturated carbocycles. The van der Waals surface area contributed by atoms with Crippen LogP contribution in [-0.2, 0) is 9.47 Å². The second-order valence-corrected chi connectivity index (χ2v) is 3.85. The first-order valence-corrected chi connectivity index (χ1v) is 4.97. The van der Waals surface area contributed by atoms with Crippen molar-refractivity contribution in [1.29, 1.82) is 0 Å². The van der Waals surface area contributed by atoms with E-state index in [0.29, 0.717) is 0 Å². The molecule has 0 saturated heterocycles. The molecule has 4 rings (SSSR count). The summed E-state index contributed by atoms with van der Waals surface area (Å²) in [7, 11) is 0. The van der Waals surface area contributed by atoms with Gasteiger partial charge in [0.1, 0.15) is 6.26 Å². The van der Waals surface area contributed by atoms with Crippen molar-refractivity contribution in [3.05, 3.63) is 53.8 Å². The smallest absolute Gasteiger partial charge is 0.267 e. The molecule has 0 radical (unpaired) electrons. The van der Waals surface area contributed by atoms with E-state index in [2.05, 4.69) is 24.3 Å². The van der Waals surface area contributed by atoms with Gasteiger partial charge in [-0.3, -0.25) is 0 Å². The molecular formula is C13H8O2. The molecule has 2 heteroatoms. The minimum absolute atomic E-state index is 0.209. The summed E-state index contributed by atoms with van der Waals surface area (Å²) in [5, 5.41) is 2.48. The van der Waals surface area contributed by atoms with Gasteiger partial charge in [0.2, 0.25) is 0 Å². The summed E-state index contributed by atoms with van der Waals surface area (Å²) in [5.74, 6) is 0.862. The molecule has 1 unspecified atom stereocenters. The van der Waals surface area contributed by atoms with E-state index in [1.165, 1.54) is 16.3 Å². The van der Waals surface area contributed by atoms with Gasteiger partial charge in [0.25, 0.3) is 6.29 Å². The number of hydrogen-bond acceptors (Lipinski definition) is 2. The average Bonchev–Trinajstić information content (AvgIpc) is 2.87. The van der Waals surface area contributed by atoms with Gasteiger partial charge < -0.3 is 9.47 Å². The summed E-state index contributed by atoms with van der Waals surface area (Å²) < 4.78 is 10.9. The number of rotatable bonds is 0. The van der Waals surface area contributed by atoms with E-state index in [9.17, 15) is 0 Å². The Labute approximate surface area is 86.7 Å². The minimum Gasteiger partial charge on any atom is -0.454 e. The Morgan fingerprint density at radius 1 is 1.00 bits per heavy atom. The molecule has 2 aromatic rings. The molecule has 0 aliphatic carbocycles. The lowest BCUT2D eigenvalue weighted by molar-refractivity contribution is -0.00775. The molecule has 1 atom stereocenters. The minimum atomic E-state index is -0.209. The fraction of sp³-hybridized carbons (Fsp3) is 0.0769. The number of hydrogen-bond donors (Lipinski definition) is 0. The van der Waals surface area contributed by atoms with Crippen molar-refractivity contribution in [2.24, 2.45) is 0 Å². The zero-order valence-corrected chi connectivity index (χ0v) is 7.94. The molecule has 2 heterocycles. The van der Waals surface area contributed by atoms with Crippen molar-refractivity contribution >= 4 is 16.5 Å². The van der Waals surface area contributed by atoms with Crippen LogP contribution in [0.15, 0.2) is 42.7 Å². The third kappa shape index (κ3) is 0.839. The van der Waals surface area contributed by atoms with Crippen molar-refractivity contribution < 1.29 is 9.47 Å². The molecule has 0 aromatic heterocycles. The van der Waals surface area contributed by atoms with E-state index in [-0.39, 0.29) is 6.29 Å². The van der Waals surface area contributed by atoms with Crippen LogP contribution in [0.3, 0.4) is 0 Å². The van der Waals surface area contributed by atoms with Crippen LogP contribution >= 0.6 is 0 Å². The topological polar surface area (TPSA) is 18.5 Å². The summed E-state index contributed by atoms with van der Waals surface area (Å²) >= 11 is 0. The Morgan fingerprint density at radius 3 is 2.67 bits per heavy atom. The van der Waals surface area contributed by atoms with Crippen molar-refractivity contribution in [2.45, 2.75) is 6.29 Å². The van der Waals surface area contributed by atoms with Crippen molar-refractivity contribution in [3.63, 3.8) is 0 Å². The SMILES string of the molecule is C1=C2OC(O1)c1cc3ccccc3cc12. The first-order chi connectivity index (χ1) is 7.42. The Balaban J connectivity index is 2.12. The fourth-order valence-electron chi connectivity index (χ4n) is 2.22. The van der Waals surface area contributed by atoms with E-state index < -0.39 is 0 Å². The van der Waals surface area contributed by atoms with Gasteiger partial charge in [-0.1, -0.05) is 24.3 Å². The monoisotopic (exact) mass is 196 g/mol. The molecular weight excluding hydrogens is 188 g/mol. The van der Waals surface area contributed by atoms with Crippen LogP contribution < -0.4 is 0 Å². The fourth-order valence-corrected chi connectivity index (χ4v) is 2.22. The Kier molecular flexibility index (Phi) is 1.15. The highest BCUT2D eigenvalue weighted by atomic mass is 16.7. The molecule has 15 heavy (non-hydrogen) atoms. The van der Waals surface area contributed by atoms with Crippen molar-refractivity contribution in [1.82, 2.24) is 0 Å². The zero-order valence-electron chi connectivity index (χ0n) is 7.94. The molecule has 2 aliphatic rings. The molecule has 72 valence electrons. The van der Waals surface area contributed by atoms with Gasteiger partial charge in [0.15, 0.2) is 5.76 Å². The van der Waals surface area contributed by atoms with Gasteiger partial charge in [0, 0.05) is 11.1 Å². The second-order valence-electron chi connectivity index (χ2n) is 3.85. The molecule has 0 spiro atoms. The summed E-state index contributed by atoms with van der Waals surface area (Å²) in [6, 6.07) is 12.6. The predicted octanol–water partition coefficient (Wildman–Crippen LogP) is 3.20. The summed E-state index contributed by atoms with van der Waals surface area (Å²) in [5.41, 5.74) is 2.32. The summed E-state index contributed by atoms with van der Waals surface area (Å²) in [6.07, 6.45) is 1.49. The van der Waals surface area contributed by atoms with E-state index >= 15 is 0 Å². The zero-order chi connectivity index (χ0) is 9.83. The normalized spacial score (nSPS) is 20.8. The Morgan fingerprint density at radius 2 is 1.80 bits per heavy atom. The highest BCUT2D eigenvalue weighted by molar-refractivity contribution is 5.88. The van der Waals surface area contributed by atoms with Crippen LogP contribution in [0.5, 0.6) is 0 Å². The highest BCUT2D eigenvalue weighted by Gasteiger charge is 2.34. The molecule has 0 amide bonds. The third-order valence-corrected chi connectivity index (χ3v) is 2.97. The first-order valence-electron chi connectivity index (χ1n) is 4.97. The van der Waals surface area contributed by atoms with E-state index in [1.807, 2.05) is 12.1 Å². The maximum absolute atomic E-state index is 5.55. The molecule has 0 N–H and O–H groups in total. The number of ether oxygens (including phenoxy) is 2. The Hall–Kier alpha value is -1.96. The van der Waals surface area contributed by atoms with Crippen LogP contribution in [0.4, 0.5) is 0 Å². The van der Waals surface area contributed by atoms with Gasteiger partial charge in [-0.2, -0.15) is 0 Å². The third-order valence-electron chi connectivity index (χ3n) is 2.97. The van der Waals surface area contributed by atoms with Crippen LogP contribution in [0.1, 0.15) is 17.4 Å². The lowest BCUT2D eigenvalue weighted by Crippen LogP contribution is -1.95. The van der Waals surface area contributed by atoms with E-state index in [0.717, 1.165) is 11.3 Å². The summed E-state index contributed by atoms with van der Waals surface area (Å²) in [6.45, 7) is 0. The number of benzene rings is 2. The van der Waals surface area contributed by atoms with Gasteiger partial charge >= 0.3 is 0 Å². The molecule has 2 bridgehead atoms. The number of fused-ring (bicyclic) bond motifs is 6. The molecule has 0 fully saturated rings. The van der Waals surface area contributed by atoms with Crippen molar-refractivity contribution in [2.75, 3.05) is 0 Å². The maximum Gasteiger partial charge on any atom is 0.267 e. The van der Waals surface area contributed by atoms with Gasteiger partial charge in [-0.25, -0.2) is 0 Å². The van der Waals surface area contributed by atoms with Gasteiger partial charge in [-0.15, -0.1) is 0 Å². The lowest BCUT2D eigenvalue weighted by Gasteiger charge is -2.08. The second kappa shape index (κ2) is 2.34. The largest absolute Gasteiger partial charge is 0.454 e. The van der Waals surface area contributed by atoms with Gasteiger partial charge in [0.05, 0.1) is 0 Å².